The molecular formula is C26H31FN4O3. The maximum atomic E-state index is 14.7. The molecule has 0 saturated carbocycles. The highest BCUT2D eigenvalue weighted by Gasteiger charge is 2.32. The van der Waals surface area contributed by atoms with Crippen LogP contribution in [0.25, 0.3) is 22.3 Å². The van der Waals surface area contributed by atoms with E-state index in [-0.39, 0.29) is 29.2 Å². The first-order valence-electron chi connectivity index (χ1n) is 11.7. The lowest BCUT2D eigenvalue weighted by Crippen LogP contribution is -2.43. The Morgan fingerprint density at radius 2 is 2.09 bits per heavy atom. The van der Waals surface area contributed by atoms with Crippen molar-refractivity contribution in [3.8, 4) is 17.1 Å². The monoisotopic (exact) mass is 466 g/mol. The van der Waals surface area contributed by atoms with Gasteiger partial charge < -0.3 is 20.5 Å². The summed E-state index contributed by atoms with van der Waals surface area (Å²) in [6.07, 6.45) is 1.47. The van der Waals surface area contributed by atoms with Crippen LogP contribution in [0.2, 0.25) is 0 Å². The number of phenolic OH excluding ortho intramolecular Hbond substituents is 1. The summed E-state index contributed by atoms with van der Waals surface area (Å²) in [5, 5.41) is 11.2. The number of phenols is 1. The van der Waals surface area contributed by atoms with Crippen LogP contribution in [0, 0.1) is 24.6 Å². The predicted octanol–water partition coefficient (Wildman–Crippen LogP) is 5.18. The fraction of sp³-hybridized carbons (Fsp3) is 0.423. The first kappa shape index (κ1) is 23.7. The van der Waals surface area contributed by atoms with Gasteiger partial charge in [-0.3, -0.25) is 0 Å². The van der Waals surface area contributed by atoms with Crippen molar-refractivity contribution < 1.29 is 19.0 Å². The fourth-order valence-electron chi connectivity index (χ4n) is 4.77. The Hall–Kier alpha value is -3.42. The largest absolute Gasteiger partial charge is 0.507 e. The molecule has 1 aromatic heterocycles. The van der Waals surface area contributed by atoms with Crippen LogP contribution in [-0.4, -0.2) is 40.4 Å². The minimum Gasteiger partial charge on any atom is -0.507 e. The number of hydrogen-bond acceptors (Lipinski definition) is 6. The molecule has 1 unspecified atom stereocenters. The number of fused-ring (bicyclic) bond motifs is 1. The van der Waals surface area contributed by atoms with Gasteiger partial charge in [0.05, 0.1) is 11.1 Å². The van der Waals surface area contributed by atoms with E-state index in [2.05, 4.69) is 23.7 Å². The second kappa shape index (κ2) is 9.83. The van der Waals surface area contributed by atoms with E-state index in [1.807, 2.05) is 25.1 Å². The average Bonchev–Trinajstić information content (AvgIpc) is 2.77. The Labute approximate surface area is 198 Å². The molecule has 1 fully saturated rings. The van der Waals surface area contributed by atoms with Gasteiger partial charge in [0.2, 0.25) is 0 Å². The highest BCUT2D eigenvalue weighted by atomic mass is 19.1. The van der Waals surface area contributed by atoms with Gasteiger partial charge in [-0.05, 0) is 61.9 Å². The van der Waals surface area contributed by atoms with E-state index in [1.165, 1.54) is 18.2 Å². The number of aromatic hydroxyl groups is 1. The summed E-state index contributed by atoms with van der Waals surface area (Å²) in [5.74, 6) is 0.456. The van der Waals surface area contributed by atoms with Gasteiger partial charge in [-0.25, -0.2) is 19.2 Å². The van der Waals surface area contributed by atoms with Crippen LogP contribution in [-0.2, 0) is 4.74 Å². The minimum atomic E-state index is -0.761. The topological polar surface area (TPSA) is 102 Å². The summed E-state index contributed by atoms with van der Waals surface area (Å²) in [5.41, 5.74) is 7.05. The van der Waals surface area contributed by atoms with Crippen molar-refractivity contribution in [1.29, 1.82) is 0 Å². The van der Waals surface area contributed by atoms with Crippen LogP contribution in [0.4, 0.5) is 15.0 Å². The van der Waals surface area contributed by atoms with Crippen LogP contribution < -0.4 is 10.6 Å². The standard InChI is InChI=1S/C26H31FN4O3/c1-15(2)12-22(34-26(28)33)17-6-5-11-31(14-17)25-18-10-9-16(3)13-20(18)29-24(30-25)23-19(27)7-4-8-21(23)32/h4,7-10,13,15,17,22,32H,5-6,11-12,14H2,1-3H3,(H2,28,33)/t17-,22?/m0/s1. The van der Waals surface area contributed by atoms with Crippen LogP contribution in [0.1, 0.15) is 38.7 Å². The zero-order valence-electron chi connectivity index (χ0n) is 19.8. The van der Waals surface area contributed by atoms with Crippen molar-refractivity contribution in [2.75, 3.05) is 18.0 Å². The van der Waals surface area contributed by atoms with E-state index in [1.54, 1.807) is 0 Å². The number of amides is 1. The maximum absolute atomic E-state index is 14.7. The molecule has 4 rings (SSSR count). The van der Waals surface area contributed by atoms with Gasteiger partial charge >= 0.3 is 6.09 Å². The summed E-state index contributed by atoms with van der Waals surface area (Å²) in [6, 6.07) is 10.1. The number of halogens is 1. The molecule has 0 radical (unpaired) electrons. The van der Waals surface area contributed by atoms with Crippen molar-refractivity contribution in [3.63, 3.8) is 0 Å². The third-order valence-corrected chi connectivity index (χ3v) is 6.30. The molecule has 1 amide bonds. The Morgan fingerprint density at radius 1 is 1.29 bits per heavy atom. The van der Waals surface area contributed by atoms with Crippen LogP contribution >= 0.6 is 0 Å². The molecule has 3 N–H and O–H groups in total. The maximum Gasteiger partial charge on any atom is 0.404 e. The lowest BCUT2D eigenvalue weighted by atomic mass is 9.87. The van der Waals surface area contributed by atoms with E-state index in [0.29, 0.717) is 23.8 Å². The molecule has 180 valence electrons. The lowest BCUT2D eigenvalue weighted by Gasteiger charge is -2.38. The van der Waals surface area contributed by atoms with Crippen LogP contribution in [0.3, 0.4) is 0 Å². The van der Waals surface area contributed by atoms with Crippen molar-refractivity contribution in [2.45, 2.75) is 46.1 Å². The highest BCUT2D eigenvalue weighted by Crippen LogP contribution is 2.36. The minimum absolute atomic E-state index is 0.0181. The molecule has 1 aliphatic heterocycles. The molecule has 0 bridgehead atoms. The van der Waals surface area contributed by atoms with E-state index in [0.717, 1.165) is 36.8 Å². The number of carbonyl (C=O) groups is 1. The summed E-state index contributed by atoms with van der Waals surface area (Å²) in [7, 11) is 0. The van der Waals surface area contributed by atoms with Crippen LogP contribution in [0.5, 0.6) is 5.75 Å². The van der Waals surface area contributed by atoms with Gasteiger partial charge in [0, 0.05) is 24.4 Å². The van der Waals surface area contributed by atoms with Gasteiger partial charge in [0.25, 0.3) is 0 Å². The molecule has 2 heterocycles. The Balaban J connectivity index is 1.77. The average molecular weight is 467 g/mol. The molecule has 34 heavy (non-hydrogen) atoms. The molecule has 8 heteroatoms. The number of hydrogen-bond donors (Lipinski definition) is 2. The third kappa shape index (κ3) is 5.05. The third-order valence-electron chi connectivity index (χ3n) is 6.30. The number of ether oxygens (including phenoxy) is 1. The zero-order chi connectivity index (χ0) is 24.4. The fourth-order valence-corrected chi connectivity index (χ4v) is 4.77. The van der Waals surface area contributed by atoms with E-state index < -0.39 is 11.9 Å². The summed E-state index contributed by atoms with van der Waals surface area (Å²) in [6.45, 7) is 7.52. The van der Waals surface area contributed by atoms with Crippen molar-refractivity contribution in [3.05, 3.63) is 47.8 Å². The lowest BCUT2D eigenvalue weighted by molar-refractivity contribution is 0.0489. The van der Waals surface area contributed by atoms with Gasteiger partial charge in [0.1, 0.15) is 23.5 Å². The Kier molecular flexibility index (Phi) is 6.86. The summed E-state index contributed by atoms with van der Waals surface area (Å²) in [4.78, 5) is 23.0. The molecule has 1 saturated heterocycles. The number of nitrogens with zero attached hydrogens (tertiary/aromatic N) is 3. The molecule has 1 aliphatic rings. The van der Waals surface area contributed by atoms with E-state index >= 15 is 0 Å². The number of primary amides is 1. The summed E-state index contributed by atoms with van der Waals surface area (Å²) >= 11 is 0. The number of aromatic nitrogens is 2. The molecule has 3 aromatic rings. The number of nitrogens with two attached hydrogens (primary N) is 1. The molecule has 2 aromatic carbocycles. The van der Waals surface area contributed by atoms with E-state index in [9.17, 15) is 14.3 Å². The first-order valence-corrected chi connectivity index (χ1v) is 11.7. The second-order valence-electron chi connectivity index (χ2n) is 9.48. The number of benzene rings is 2. The van der Waals surface area contributed by atoms with Gasteiger partial charge in [-0.2, -0.15) is 0 Å². The first-order chi connectivity index (χ1) is 16.2. The molecule has 7 nitrogen and oxygen atoms in total. The zero-order valence-corrected chi connectivity index (χ0v) is 19.8. The Bertz CT molecular complexity index is 1180. The number of aryl methyl sites for hydroxylation is 1. The van der Waals surface area contributed by atoms with Crippen LogP contribution in [0.15, 0.2) is 36.4 Å². The normalized spacial score (nSPS) is 17.2. The SMILES string of the molecule is Cc1ccc2c(N3CCC[C@H](C(CC(C)C)OC(N)=O)C3)nc(-c3c(O)cccc3F)nc2c1. The van der Waals surface area contributed by atoms with Gasteiger partial charge in [-0.1, -0.05) is 26.0 Å². The van der Waals surface area contributed by atoms with Crippen molar-refractivity contribution in [2.24, 2.45) is 17.6 Å². The van der Waals surface area contributed by atoms with Crippen molar-refractivity contribution in [1.82, 2.24) is 9.97 Å². The molecule has 2 atom stereocenters. The quantitative estimate of drug-likeness (QED) is 0.519. The number of rotatable bonds is 6. The summed E-state index contributed by atoms with van der Waals surface area (Å²) < 4.78 is 20.2. The molecule has 0 aliphatic carbocycles. The molecule has 0 spiro atoms. The molecular weight excluding hydrogens is 435 g/mol. The van der Waals surface area contributed by atoms with Gasteiger partial charge in [0.15, 0.2) is 5.82 Å². The number of carbonyl (C=O) groups excluding carboxylic acids is 1. The van der Waals surface area contributed by atoms with Gasteiger partial charge in [-0.15, -0.1) is 0 Å². The smallest absolute Gasteiger partial charge is 0.404 e. The number of anilines is 1. The predicted molar refractivity (Wildman–Crippen MR) is 130 cm³/mol. The van der Waals surface area contributed by atoms with E-state index in [4.69, 9.17) is 15.5 Å². The number of piperidine rings is 1. The Morgan fingerprint density at radius 3 is 2.79 bits per heavy atom. The van der Waals surface area contributed by atoms with Crippen molar-refractivity contribution >= 4 is 22.8 Å². The second-order valence-corrected chi connectivity index (χ2v) is 9.48. The highest BCUT2D eigenvalue weighted by molar-refractivity contribution is 5.92.